The van der Waals surface area contributed by atoms with E-state index in [2.05, 4.69) is 10.6 Å². The predicted octanol–water partition coefficient (Wildman–Crippen LogP) is 2.93. The lowest BCUT2D eigenvalue weighted by molar-refractivity contribution is 0.0953. The van der Waals surface area contributed by atoms with Crippen LogP contribution in [-0.4, -0.2) is 41.0 Å². The lowest BCUT2D eigenvalue weighted by atomic mass is 10.2. The number of nitrogens with one attached hydrogen (secondary N) is 2. The number of sulfonamides is 1. The van der Waals surface area contributed by atoms with Crippen molar-refractivity contribution in [1.82, 2.24) is 10.6 Å². The van der Waals surface area contributed by atoms with Crippen molar-refractivity contribution in [3.8, 4) is 0 Å². The molecule has 0 atom stereocenters. The number of halogens is 2. The predicted molar refractivity (Wildman–Crippen MR) is 112 cm³/mol. The summed E-state index contributed by atoms with van der Waals surface area (Å²) >= 11 is 5.94. The molecule has 9 heteroatoms. The van der Waals surface area contributed by atoms with Crippen molar-refractivity contribution in [2.45, 2.75) is 11.8 Å². The number of hydrogen-bond donors (Lipinski definition) is 2. The summed E-state index contributed by atoms with van der Waals surface area (Å²) in [6.45, 7) is 3.91. The molecule has 2 aromatic rings. The van der Waals surface area contributed by atoms with Gasteiger partial charge in [0.15, 0.2) is 0 Å². The summed E-state index contributed by atoms with van der Waals surface area (Å²) in [4.78, 5) is 12.2. The molecule has 0 unspecified atom stereocenters. The second-order valence-corrected chi connectivity index (χ2v) is 8.00. The summed E-state index contributed by atoms with van der Waals surface area (Å²) in [7, 11) is -2.36. The third-order valence-corrected chi connectivity index (χ3v) is 5.78. The van der Waals surface area contributed by atoms with Crippen molar-refractivity contribution in [1.29, 1.82) is 0 Å². The quantitative estimate of drug-likeness (QED) is 0.629. The Balaban J connectivity index is 0.00000364. The van der Waals surface area contributed by atoms with Gasteiger partial charge in [0.2, 0.25) is 0 Å². The number of benzene rings is 2. The summed E-state index contributed by atoms with van der Waals surface area (Å²) in [5.41, 5.74) is 0.736. The van der Waals surface area contributed by atoms with Crippen molar-refractivity contribution in [2.24, 2.45) is 0 Å². The van der Waals surface area contributed by atoms with Gasteiger partial charge in [-0.15, -0.1) is 12.4 Å². The van der Waals surface area contributed by atoms with Crippen LogP contribution in [0.15, 0.2) is 53.4 Å². The molecule has 0 heterocycles. The van der Waals surface area contributed by atoms with Crippen molar-refractivity contribution >= 4 is 45.6 Å². The van der Waals surface area contributed by atoms with Crippen molar-refractivity contribution in [3.63, 3.8) is 0 Å². The van der Waals surface area contributed by atoms with Gasteiger partial charge in [0, 0.05) is 30.7 Å². The molecule has 0 saturated carbocycles. The first-order chi connectivity index (χ1) is 12.4. The molecule has 0 bridgehead atoms. The van der Waals surface area contributed by atoms with Crippen LogP contribution in [0, 0.1) is 0 Å². The number of nitrogens with zero attached hydrogens (tertiary/aromatic N) is 1. The molecule has 0 aliphatic heterocycles. The molecule has 148 valence electrons. The van der Waals surface area contributed by atoms with Gasteiger partial charge < -0.3 is 10.6 Å². The van der Waals surface area contributed by atoms with E-state index in [1.807, 2.05) is 6.92 Å². The number of likely N-dealkylation sites (N-methyl/N-ethyl adjacent to an activating group) is 1. The molecule has 0 fully saturated rings. The number of anilines is 1. The fraction of sp³-hybridized carbons (Fsp3) is 0.278. The third kappa shape index (κ3) is 6.10. The fourth-order valence-electron chi connectivity index (χ4n) is 2.31. The molecule has 0 aliphatic carbocycles. The lowest BCUT2D eigenvalue weighted by Gasteiger charge is -2.20. The number of carbonyl (C=O) groups excluding carboxylic acids is 1. The average molecular weight is 432 g/mol. The van der Waals surface area contributed by atoms with Crippen LogP contribution in [0.5, 0.6) is 0 Å². The van der Waals surface area contributed by atoms with E-state index >= 15 is 0 Å². The first-order valence-corrected chi connectivity index (χ1v) is 10.0. The molecule has 0 aliphatic rings. The fourth-order valence-corrected chi connectivity index (χ4v) is 3.73. The standard InChI is InChI=1S/C18H22ClN3O3S.ClH/c1-3-20-10-11-21-18(23)14-6-4-9-17(12-14)26(24,25)22(2)16-8-5-7-15(19)13-16;/h4-9,12-13,20H,3,10-11H2,1-2H3,(H,21,23);1H. The molecule has 0 saturated heterocycles. The maximum absolute atomic E-state index is 12.9. The average Bonchev–Trinajstić information content (AvgIpc) is 2.64. The molecule has 1 amide bonds. The summed E-state index contributed by atoms with van der Waals surface area (Å²) < 4.78 is 26.9. The normalized spacial score (nSPS) is 10.8. The second-order valence-electron chi connectivity index (χ2n) is 5.59. The second kappa shape index (κ2) is 10.5. The van der Waals surface area contributed by atoms with E-state index in [0.717, 1.165) is 10.8 Å². The van der Waals surface area contributed by atoms with Crippen LogP contribution in [0.3, 0.4) is 0 Å². The van der Waals surface area contributed by atoms with Gasteiger partial charge in [0.05, 0.1) is 10.6 Å². The first kappa shape index (κ1) is 23.2. The Hall–Kier alpha value is -1.80. The van der Waals surface area contributed by atoms with Crippen LogP contribution in [0.25, 0.3) is 0 Å². The third-order valence-electron chi connectivity index (χ3n) is 3.76. The van der Waals surface area contributed by atoms with Gasteiger partial charge in [0.1, 0.15) is 0 Å². The van der Waals surface area contributed by atoms with Crippen LogP contribution in [-0.2, 0) is 10.0 Å². The molecule has 0 spiro atoms. The molecule has 2 rings (SSSR count). The van der Waals surface area contributed by atoms with Crippen LogP contribution in [0.4, 0.5) is 5.69 Å². The Morgan fingerprint density at radius 1 is 1.11 bits per heavy atom. The van der Waals surface area contributed by atoms with Crippen molar-refractivity contribution in [2.75, 3.05) is 31.0 Å². The van der Waals surface area contributed by atoms with Gasteiger partial charge in [-0.25, -0.2) is 8.42 Å². The Bertz CT molecular complexity index is 876. The topological polar surface area (TPSA) is 78.5 Å². The number of carbonyl (C=O) groups is 1. The Kier molecular flexibility index (Phi) is 9.05. The largest absolute Gasteiger partial charge is 0.351 e. The van der Waals surface area contributed by atoms with E-state index in [9.17, 15) is 13.2 Å². The molecule has 6 nitrogen and oxygen atoms in total. The molecule has 2 aromatic carbocycles. The van der Waals surface area contributed by atoms with Gasteiger partial charge in [-0.3, -0.25) is 9.10 Å². The van der Waals surface area contributed by atoms with E-state index in [1.54, 1.807) is 36.4 Å². The zero-order valence-corrected chi connectivity index (χ0v) is 17.5. The van der Waals surface area contributed by atoms with Gasteiger partial charge in [-0.1, -0.05) is 30.7 Å². The smallest absolute Gasteiger partial charge is 0.264 e. The van der Waals surface area contributed by atoms with E-state index in [0.29, 0.717) is 29.4 Å². The molecular formula is C18H23Cl2N3O3S. The number of amides is 1. The highest BCUT2D eigenvalue weighted by Crippen LogP contribution is 2.25. The highest BCUT2D eigenvalue weighted by Gasteiger charge is 2.22. The minimum Gasteiger partial charge on any atom is -0.351 e. The molecule has 0 aromatic heterocycles. The van der Waals surface area contributed by atoms with Crippen LogP contribution >= 0.6 is 24.0 Å². The van der Waals surface area contributed by atoms with Gasteiger partial charge >= 0.3 is 0 Å². The van der Waals surface area contributed by atoms with E-state index in [4.69, 9.17) is 11.6 Å². The molecule has 27 heavy (non-hydrogen) atoms. The summed E-state index contributed by atoms with van der Waals surface area (Å²) in [6, 6.07) is 12.5. The van der Waals surface area contributed by atoms with Crippen LogP contribution in [0.1, 0.15) is 17.3 Å². The Labute approximate surface area is 171 Å². The van der Waals surface area contributed by atoms with Crippen molar-refractivity contribution in [3.05, 3.63) is 59.1 Å². The SMILES string of the molecule is CCNCCNC(=O)c1cccc(S(=O)(=O)N(C)c2cccc(Cl)c2)c1.Cl. The molecule has 2 N–H and O–H groups in total. The van der Waals surface area contributed by atoms with Gasteiger partial charge in [-0.2, -0.15) is 0 Å². The van der Waals surface area contributed by atoms with E-state index in [1.165, 1.54) is 19.2 Å². The Morgan fingerprint density at radius 3 is 2.48 bits per heavy atom. The minimum absolute atomic E-state index is 0. The van der Waals surface area contributed by atoms with E-state index in [-0.39, 0.29) is 23.2 Å². The lowest BCUT2D eigenvalue weighted by Crippen LogP contribution is -2.32. The highest BCUT2D eigenvalue weighted by molar-refractivity contribution is 7.92. The Morgan fingerprint density at radius 2 is 1.81 bits per heavy atom. The summed E-state index contributed by atoms with van der Waals surface area (Å²) in [5.74, 6) is -0.314. The van der Waals surface area contributed by atoms with Gasteiger partial charge in [0.25, 0.3) is 15.9 Å². The number of hydrogen-bond acceptors (Lipinski definition) is 4. The molecule has 0 radical (unpaired) electrons. The maximum atomic E-state index is 12.9. The zero-order chi connectivity index (χ0) is 19.2. The van der Waals surface area contributed by atoms with E-state index < -0.39 is 10.0 Å². The number of rotatable bonds is 8. The minimum atomic E-state index is -3.81. The highest BCUT2D eigenvalue weighted by atomic mass is 35.5. The maximum Gasteiger partial charge on any atom is 0.264 e. The first-order valence-electron chi connectivity index (χ1n) is 8.19. The summed E-state index contributed by atoms with van der Waals surface area (Å²) in [6.07, 6.45) is 0. The van der Waals surface area contributed by atoms with Crippen LogP contribution < -0.4 is 14.9 Å². The van der Waals surface area contributed by atoms with Gasteiger partial charge in [-0.05, 0) is 42.9 Å². The zero-order valence-electron chi connectivity index (χ0n) is 15.1. The summed E-state index contributed by atoms with van der Waals surface area (Å²) in [5, 5.41) is 6.30. The molecular weight excluding hydrogens is 409 g/mol. The monoisotopic (exact) mass is 431 g/mol. The van der Waals surface area contributed by atoms with Crippen LogP contribution in [0.2, 0.25) is 5.02 Å². The van der Waals surface area contributed by atoms with Crippen molar-refractivity contribution < 1.29 is 13.2 Å².